The van der Waals surface area contributed by atoms with E-state index in [-0.39, 0.29) is 42.2 Å². The zero-order chi connectivity index (χ0) is 17.5. The molecule has 0 radical (unpaired) electrons. The van der Waals surface area contributed by atoms with Crippen LogP contribution in [0.5, 0.6) is 0 Å². The number of carbonyl (C=O) groups excluding carboxylic acids is 1. The summed E-state index contributed by atoms with van der Waals surface area (Å²) in [4.78, 5) is 15.9. The Morgan fingerprint density at radius 2 is 2.12 bits per heavy atom. The number of alkyl carbamates (subject to hydrolysis) is 1. The Morgan fingerprint density at radius 3 is 2.64 bits per heavy atom. The number of nitrogens with zero attached hydrogens (tertiary/aromatic N) is 1. The lowest BCUT2D eigenvalue weighted by atomic mass is 10.2. The first kappa shape index (κ1) is 21.6. The molecule has 25 heavy (non-hydrogen) atoms. The van der Waals surface area contributed by atoms with Crippen molar-refractivity contribution in [3.63, 3.8) is 0 Å². The van der Waals surface area contributed by atoms with Gasteiger partial charge in [-0.2, -0.15) is 0 Å². The molecule has 0 aliphatic heterocycles. The summed E-state index contributed by atoms with van der Waals surface area (Å²) in [5.41, 5.74) is 0. The van der Waals surface area contributed by atoms with Gasteiger partial charge in [-0.1, -0.05) is 0 Å². The van der Waals surface area contributed by atoms with Crippen LogP contribution in [-0.4, -0.2) is 38.3 Å². The number of aryl methyl sites for hydroxylation is 1. The van der Waals surface area contributed by atoms with Crippen molar-refractivity contribution >= 4 is 36.0 Å². The van der Waals surface area contributed by atoms with Crippen LogP contribution in [0.15, 0.2) is 21.5 Å². The zero-order valence-electron chi connectivity index (χ0n) is 15.3. The molecule has 2 atom stereocenters. The van der Waals surface area contributed by atoms with Crippen LogP contribution in [0.1, 0.15) is 44.3 Å². The van der Waals surface area contributed by atoms with Gasteiger partial charge in [-0.05, 0) is 51.7 Å². The van der Waals surface area contributed by atoms with Gasteiger partial charge >= 0.3 is 6.09 Å². The molecule has 1 aromatic heterocycles. The highest BCUT2D eigenvalue weighted by Gasteiger charge is 2.32. The quantitative estimate of drug-likeness (QED) is 0.328. The normalized spacial score (nSPS) is 16.4. The topological polar surface area (TPSA) is 87.9 Å². The lowest BCUT2D eigenvalue weighted by molar-refractivity contribution is 0.146. The fourth-order valence-corrected chi connectivity index (χ4v) is 2.52. The Hall–Kier alpha value is -1.45. The number of ether oxygens (including phenoxy) is 1. The van der Waals surface area contributed by atoms with Crippen LogP contribution in [-0.2, 0) is 4.74 Å². The third-order valence-corrected chi connectivity index (χ3v) is 4.02. The Labute approximate surface area is 166 Å². The highest BCUT2D eigenvalue weighted by Crippen LogP contribution is 2.32. The highest BCUT2D eigenvalue weighted by molar-refractivity contribution is 14.0. The van der Waals surface area contributed by atoms with Gasteiger partial charge in [0.25, 0.3) is 0 Å². The van der Waals surface area contributed by atoms with Gasteiger partial charge in [-0.15, -0.1) is 24.0 Å². The molecule has 0 aromatic carbocycles. The molecule has 2 rings (SSSR count). The van der Waals surface area contributed by atoms with Gasteiger partial charge in [-0.25, -0.2) is 4.79 Å². The molecule has 3 N–H and O–H groups in total. The van der Waals surface area contributed by atoms with Crippen LogP contribution in [0.4, 0.5) is 4.79 Å². The first-order chi connectivity index (χ1) is 11.5. The van der Waals surface area contributed by atoms with Crippen LogP contribution in [0, 0.1) is 12.8 Å². The minimum absolute atomic E-state index is 0. The zero-order valence-corrected chi connectivity index (χ0v) is 17.6. The molecule has 142 valence electrons. The average molecular weight is 464 g/mol. The molecule has 8 heteroatoms. The van der Waals surface area contributed by atoms with Crippen LogP contribution in [0.3, 0.4) is 0 Å². The molecule has 1 saturated carbocycles. The van der Waals surface area contributed by atoms with E-state index in [0.717, 1.165) is 24.4 Å². The number of hydrogen-bond acceptors (Lipinski definition) is 4. The summed E-state index contributed by atoms with van der Waals surface area (Å²) >= 11 is 0. The van der Waals surface area contributed by atoms with Gasteiger partial charge in [-0.3, -0.25) is 4.99 Å². The summed E-state index contributed by atoms with van der Waals surface area (Å²) in [5, 5.41) is 9.49. The van der Waals surface area contributed by atoms with Gasteiger partial charge in [0.15, 0.2) is 5.96 Å². The third-order valence-electron chi connectivity index (χ3n) is 4.02. The summed E-state index contributed by atoms with van der Waals surface area (Å²) in [5.74, 6) is 2.92. The molecular formula is C17H29IN4O3. The molecule has 7 nitrogen and oxygen atoms in total. The molecule has 0 spiro atoms. The molecule has 1 aliphatic rings. The van der Waals surface area contributed by atoms with Crippen LogP contribution >= 0.6 is 24.0 Å². The molecule has 1 fully saturated rings. The SMILES string of the molecule is CCOC(=O)NC(CNC(=NC)NC(C)c1ccc(C)o1)C1CC1.I. The maximum Gasteiger partial charge on any atom is 0.407 e. The van der Waals surface area contributed by atoms with Crippen molar-refractivity contribution in [1.29, 1.82) is 0 Å². The van der Waals surface area contributed by atoms with Crippen molar-refractivity contribution in [3.8, 4) is 0 Å². The number of hydrogen-bond donors (Lipinski definition) is 3. The lowest BCUT2D eigenvalue weighted by Gasteiger charge is -2.21. The summed E-state index contributed by atoms with van der Waals surface area (Å²) in [6, 6.07) is 3.94. The van der Waals surface area contributed by atoms with E-state index < -0.39 is 0 Å². The molecule has 2 unspecified atom stereocenters. The maximum absolute atomic E-state index is 11.6. The van der Waals surface area contributed by atoms with Crippen molar-refractivity contribution < 1.29 is 13.9 Å². The number of carbonyl (C=O) groups is 1. The van der Waals surface area contributed by atoms with Gasteiger partial charge < -0.3 is 25.1 Å². The average Bonchev–Trinajstić information content (AvgIpc) is 3.31. The number of guanidine groups is 1. The molecule has 0 saturated heterocycles. The largest absolute Gasteiger partial charge is 0.464 e. The molecule has 1 aliphatic carbocycles. The number of furan rings is 1. The standard InChI is InChI=1S/C17H28N4O3.HI/c1-5-23-17(22)21-14(13-7-8-13)10-19-16(18-4)20-12(3)15-9-6-11(2)24-15;/h6,9,12-14H,5,7-8,10H2,1-4H3,(H,21,22)(H2,18,19,20);1H. The van der Waals surface area contributed by atoms with E-state index in [1.54, 1.807) is 14.0 Å². The number of aliphatic imine (C=N–C) groups is 1. The second-order valence-electron chi connectivity index (χ2n) is 6.08. The van der Waals surface area contributed by atoms with Crippen molar-refractivity contribution in [2.75, 3.05) is 20.2 Å². The Balaban J connectivity index is 0.00000312. The minimum Gasteiger partial charge on any atom is -0.464 e. The summed E-state index contributed by atoms with van der Waals surface area (Å²) in [7, 11) is 1.72. The monoisotopic (exact) mass is 464 g/mol. The second-order valence-corrected chi connectivity index (χ2v) is 6.08. The summed E-state index contributed by atoms with van der Waals surface area (Å²) in [6.45, 7) is 6.71. The van der Waals surface area contributed by atoms with E-state index in [1.165, 1.54) is 0 Å². The van der Waals surface area contributed by atoms with E-state index >= 15 is 0 Å². The first-order valence-corrected chi connectivity index (χ1v) is 8.50. The van der Waals surface area contributed by atoms with Crippen molar-refractivity contribution in [2.45, 2.75) is 45.7 Å². The molecule has 1 amide bonds. The third kappa shape index (κ3) is 7.13. The number of halogens is 1. The van der Waals surface area contributed by atoms with Gasteiger partial charge in [0.05, 0.1) is 18.7 Å². The fourth-order valence-electron chi connectivity index (χ4n) is 2.52. The Bertz CT molecular complexity index is 572. The second kappa shape index (κ2) is 10.5. The predicted molar refractivity (Wildman–Crippen MR) is 108 cm³/mol. The Kier molecular flexibility index (Phi) is 9.09. The van der Waals surface area contributed by atoms with E-state index in [4.69, 9.17) is 9.15 Å². The van der Waals surface area contributed by atoms with Crippen LogP contribution < -0.4 is 16.0 Å². The van der Waals surface area contributed by atoms with Crippen molar-refractivity contribution in [3.05, 3.63) is 23.7 Å². The maximum atomic E-state index is 11.6. The van der Waals surface area contributed by atoms with E-state index in [2.05, 4.69) is 20.9 Å². The van der Waals surface area contributed by atoms with Gasteiger partial charge in [0.2, 0.25) is 0 Å². The van der Waals surface area contributed by atoms with Crippen molar-refractivity contribution in [2.24, 2.45) is 10.9 Å². The highest BCUT2D eigenvalue weighted by atomic mass is 127. The molecule has 1 heterocycles. The molecule has 1 aromatic rings. The smallest absolute Gasteiger partial charge is 0.407 e. The van der Waals surface area contributed by atoms with Crippen LogP contribution in [0.25, 0.3) is 0 Å². The van der Waals surface area contributed by atoms with Gasteiger partial charge in [0, 0.05) is 13.6 Å². The lowest BCUT2D eigenvalue weighted by Crippen LogP contribution is -2.48. The summed E-state index contributed by atoms with van der Waals surface area (Å²) < 4.78 is 10.6. The van der Waals surface area contributed by atoms with E-state index in [0.29, 0.717) is 25.0 Å². The minimum atomic E-state index is -0.362. The molecular weight excluding hydrogens is 435 g/mol. The first-order valence-electron chi connectivity index (χ1n) is 8.50. The van der Waals surface area contributed by atoms with Crippen LogP contribution in [0.2, 0.25) is 0 Å². The number of amides is 1. The number of nitrogens with one attached hydrogen (secondary N) is 3. The van der Waals surface area contributed by atoms with Crippen molar-refractivity contribution in [1.82, 2.24) is 16.0 Å². The Morgan fingerprint density at radius 1 is 1.40 bits per heavy atom. The van der Waals surface area contributed by atoms with Gasteiger partial charge in [0.1, 0.15) is 11.5 Å². The summed E-state index contributed by atoms with van der Waals surface area (Å²) in [6.07, 6.45) is 1.90. The fraction of sp³-hybridized carbons (Fsp3) is 0.647. The van der Waals surface area contributed by atoms with E-state index in [1.807, 2.05) is 26.0 Å². The molecule has 0 bridgehead atoms. The number of rotatable bonds is 7. The van der Waals surface area contributed by atoms with E-state index in [9.17, 15) is 4.79 Å². The predicted octanol–water partition coefficient (Wildman–Crippen LogP) is 2.96.